The lowest BCUT2D eigenvalue weighted by Gasteiger charge is -2.34. The minimum absolute atomic E-state index is 0.0923. The Morgan fingerprint density at radius 3 is 2.50 bits per heavy atom. The predicted octanol–water partition coefficient (Wildman–Crippen LogP) is 4.04. The number of aliphatic hydroxyl groups is 1. The van der Waals surface area contributed by atoms with Crippen molar-refractivity contribution in [3.05, 3.63) is 72.4 Å². The Labute approximate surface area is 232 Å². The summed E-state index contributed by atoms with van der Waals surface area (Å²) in [5, 5.41) is 27.5. The monoisotopic (exact) mass is 564 g/mol. The number of hydrogen-bond donors (Lipinski definition) is 4. The van der Waals surface area contributed by atoms with Crippen LogP contribution in [0.5, 0.6) is 0 Å². The molecule has 40 heavy (non-hydrogen) atoms. The zero-order valence-electron chi connectivity index (χ0n) is 22.4. The van der Waals surface area contributed by atoms with E-state index >= 15 is 0 Å². The summed E-state index contributed by atoms with van der Waals surface area (Å²) in [6, 6.07) is 18.0. The van der Waals surface area contributed by atoms with Crippen molar-refractivity contribution in [2.45, 2.75) is 49.6 Å². The standard InChI is InChI=1S/C28H32N6O5S/c1-28(2,3)32-40(38,39)22-6-4-5-19(15-22)24-12-11-21-16-29-26(31-34(21)24)30-20-9-7-18(8-10-20)23-13-14-33(27(36)37)17-25(23)35/h4-12,15-16,23,25,32,35H,13-14,17H2,1-3H3,(H,30,31)(H,36,37). The van der Waals surface area contributed by atoms with Crippen LogP contribution in [-0.4, -0.2) is 69.0 Å². The number of nitrogens with zero attached hydrogens (tertiary/aromatic N) is 4. The Hall–Kier alpha value is -4.00. The number of β-amino-alcohol motifs (C(OH)–C–C–N with tert-alkyl or cyclic N) is 1. The second kappa shape index (κ2) is 10.5. The second-order valence-corrected chi connectivity index (χ2v) is 12.6. The first kappa shape index (κ1) is 27.6. The van der Waals surface area contributed by atoms with Crippen molar-refractivity contribution in [1.82, 2.24) is 24.2 Å². The zero-order valence-corrected chi connectivity index (χ0v) is 23.3. The summed E-state index contributed by atoms with van der Waals surface area (Å²) in [6.07, 6.45) is 0.446. The average Bonchev–Trinajstić information content (AvgIpc) is 3.31. The van der Waals surface area contributed by atoms with E-state index in [1.54, 1.807) is 49.7 Å². The number of nitrogens with one attached hydrogen (secondary N) is 2. The van der Waals surface area contributed by atoms with Crippen LogP contribution in [-0.2, 0) is 10.0 Å². The van der Waals surface area contributed by atoms with E-state index in [0.717, 1.165) is 16.8 Å². The van der Waals surface area contributed by atoms with E-state index in [4.69, 9.17) is 0 Å². The van der Waals surface area contributed by atoms with Gasteiger partial charge >= 0.3 is 6.09 Å². The molecule has 4 N–H and O–H groups in total. The summed E-state index contributed by atoms with van der Waals surface area (Å²) in [7, 11) is -3.70. The number of amides is 1. The molecule has 2 aromatic carbocycles. The van der Waals surface area contributed by atoms with Gasteiger partial charge in [-0.05, 0) is 69.2 Å². The first-order valence-electron chi connectivity index (χ1n) is 12.9. The maximum atomic E-state index is 12.9. The number of carbonyl (C=O) groups is 1. The van der Waals surface area contributed by atoms with Gasteiger partial charge in [0.25, 0.3) is 0 Å². The number of piperidine rings is 1. The molecule has 1 saturated heterocycles. The summed E-state index contributed by atoms with van der Waals surface area (Å²) < 4.78 is 30.2. The first-order valence-corrected chi connectivity index (χ1v) is 14.4. The van der Waals surface area contributed by atoms with Crippen LogP contribution in [0.4, 0.5) is 16.4 Å². The van der Waals surface area contributed by atoms with E-state index in [9.17, 15) is 23.4 Å². The largest absolute Gasteiger partial charge is 0.465 e. The summed E-state index contributed by atoms with van der Waals surface area (Å²) in [5.74, 6) is 0.212. The van der Waals surface area contributed by atoms with E-state index in [2.05, 4.69) is 20.1 Å². The molecule has 1 aliphatic rings. The Kier molecular flexibility index (Phi) is 7.25. The predicted molar refractivity (Wildman–Crippen MR) is 151 cm³/mol. The van der Waals surface area contributed by atoms with E-state index in [1.165, 1.54) is 4.90 Å². The highest BCUT2D eigenvalue weighted by molar-refractivity contribution is 7.89. The summed E-state index contributed by atoms with van der Waals surface area (Å²) in [4.78, 5) is 17.0. The second-order valence-electron chi connectivity index (χ2n) is 11.0. The molecule has 1 amide bonds. The van der Waals surface area contributed by atoms with Gasteiger partial charge in [-0.2, -0.15) is 0 Å². The van der Waals surface area contributed by atoms with Gasteiger partial charge < -0.3 is 20.4 Å². The minimum Gasteiger partial charge on any atom is -0.465 e. The highest BCUT2D eigenvalue weighted by Gasteiger charge is 2.31. The molecule has 12 heteroatoms. The lowest BCUT2D eigenvalue weighted by molar-refractivity contribution is 0.0504. The number of aromatic nitrogens is 3. The van der Waals surface area contributed by atoms with Crippen LogP contribution in [0, 0.1) is 0 Å². The van der Waals surface area contributed by atoms with Crippen LogP contribution < -0.4 is 10.0 Å². The van der Waals surface area contributed by atoms with Crippen LogP contribution in [0.15, 0.2) is 71.8 Å². The SMILES string of the molecule is CC(C)(C)NS(=O)(=O)c1cccc(-c2ccc3cnc(Nc4ccc(C5CCN(C(=O)O)CC5O)cc4)nn23)c1. The number of fused-ring (bicyclic) bond motifs is 1. The lowest BCUT2D eigenvalue weighted by atomic mass is 9.87. The molecule has 5 rings (SSSR count). The third-order valence-electron chi connectivity index (χ3n) is 6.73. The number of hydrogen-bond acceptors (Lipinski definition) is 7. The Morgan fingerprint density at radius 1 is 1.07 bits per heavy atom. The van der Waals surface area contributed by atoms with Crippen molar-refractivity contribution >= 4 is 33.3 Å². The molecule has 210 valence electrons. The van der Waals surface area contributed by atoms with Gasteiger partial charge in [-0.3, -0.25) is 0 Å². The molecule has 2 atom stereocenters. The molecule has 11 nitrogen and oxygen atoms in total. The Balaban J connectivity index is 1.36. The van der Waals surface area contributed by atoms with E-state index in [1.807, 2.05) is 42.5 Å². The highest BCUT2D eigenvalue weighted by Crippen LogP contribution is 2.30. The highest BCUT2D eigenvalue weighted by atomic mass is 32.2. The molecule has 0 spiro atoms. The fourth-order valence-corrected chi connectivity index (χ4v) is 6.36. The molecular formula is C28H32N6O5S. The Bertz CT molecular complexity index is 1650. The fourth-order valence-electron chi connectivity index (χ4n) is 4.90. The average molecular weight is 565 g/mol. The molecular weight excluding hydrogens is 532 g/mol. The fraction of sp³-hybridized carbons (Fsp3) is 0.321. The van der Waals surface area contributed by atoms with E-state index in [-0.39, 0.29) is 17.4 Å². The van der Waals surface area contributed by atoms with Crippen LogP contribution in [0.25, 0.3) is 16.8 Å². The molecule has 3 heterocycles. The molecule has 1 fully saturated rings. The van der Waals surface area contributed by atoms with E-state index < -0.39 is 27.8 Å². The topological polar surface area (TPSA) is 149 Å². The minimum atomic E-state index is -3.70. The first-order chi connectivity index (χ1) is 18.9. The maximum absolute atomic E-state index is 12.9. The lowest BCUT2D eigenvalue weighted by Crippen LogP contribution is -2.45. The normalized spacial score (nSPS) is 18.1. The third kappa shape index (κ3) is 5.93. The van der Waals surface area contributed by atoms with Gasteiger partial charge in [0.15, 0.2) is 0 Å². The van der Waals surface area contributed by atoms with Crippen molar-refractivity contribution in [2.24, 2.45) is 0 Å². The Morgan fingerprint density at radius 2 is 1.82 bits per heavy atom. The van der Waals surface area contributed by atoms with Gasteiger partial charge in [-0.15, -0.1) is 5.10 Å². The number of anilines is 2. The molecule has 0 saturated carbocycles. The molecule has 4 aromatic rings. The van der Waals surface area contributed by atoms with Crippen LogP contribution in [0.2, 0.25) is 0 Å². The van der Waals surface area contributed by atoms with Gasteiger partial charge in [0.1, 0.15) is 0 Å². The molecule has 2 unspecified atom stereocenters. The van der Waals surface area contributed by atoms with Crippen LogP contribution in [0.1, 0.15) is 38.7 Å². The molecule has 2 aromatic heterocycles. The van der Waals surface area contributed by atoms with Gasteiger partial charge in [0.05, 0.1) is 35.0 Å². The number of carboxylic acid groups (broad SMARTS) is 1. The smallest absolute Gasteiger partial charge is 0.407 e. The molecule has 0 radical (unpaired) electrons. The van der Waals surface area contributed by atoms with Gasteiger partial charge in [0.2, 0.25) is 16.0 Å². The number of aliphatic hydroxyl groups excluding tert-OH is 1. The number of sulfonamides is 1. The number of likely N-dealkylation sites (tertiary alicyclic amines) is 1. The van der Waals surface area contributed by atoms with Crippen molar-refractivity contribution in [3.63, 3.8) is 0 Å². The van der Waals surface area contributed by atoms with Crippen molar-refractivity contribution in [3.8, 4) is 11.3 Å². The number of benzene rings is 2. The van der Waals surface area contributed by atoms with Crippen molar-refractivity contribution < 1.29 is 23.4 Å². The van der Waals surface area contributed by atoms with Gasteiger partial charge in [-0.1, -0.05) is 24.3 Å². The number of rotatable bonds is 6. The summed E-state index contributed by atoms with van der Waals surface area (Å²) in [5.41, 5.74) is 3.22. The third-order valence-corrected chi connectivity index (χ3v) is 8.48. The molecule has 0 aliphatic carbocycles. The van der Waals surface area contributed by atoms with Crippen molar-refractivity contribution in [2.75, 3.05) is 18.4 Å². The van der Waals surface area contributed by atoms with Crippen molar-refractivity contribution in [1.29, 1.82) is 0 Å². The zero-order chi connectivity index (χ0) is 28.7. The summed E-state index contributed by atoms with van der Waals surface area (Å²) >= 11 is 0. The van der Waals surface area contributed by atoms with E-state index in [0.29, 0.717) is 30.2 Å². The summed E-state index contributed by atoms with van der Waals surface area (Å²) in [6.45, 7) is 5.85. The van der Waals surface area contributed by atoms with Gasteiger partial charge in [-0.25, -0.2) is 27.4 Å². The van der Waals surface area contributed by atoms with Crippen LogP contribution >= 0.6 is 0 Å². The van der Waals surface area contributed by atoms with Crippen LogP contribution in [0.3, 0.4) is 0 Å². The quantitative estimate of drug-likeness (QED) is 0.274. The molecule has 1 aliphatic heterocycles. The van der Waals surface area contributed by atoms with Gasteiger partial charge in [0, 0.05) is 29.3 Å². The maximum Gasteiger partial charge on any atom is 0.407 e. The molecule has 0 bridgehead atoms.